The van der Waals surface area contributed by atoms with Crippen LogP contribution in [-0.2, 0) is 6.54 Å². The van der Waals surface area contributed by atoms with Crippen LogP contribution in [0.2, 0.25) is 0 Å². The van der Waals surface area contributed by atoms with Gasteiger partial charge in [-0.25, -0.2) is 0 Å². The first-order chi connectivity index (χ1) is 6.11. The van der Waals surface area contributed by atoms with Crippen molar-refractivity contribution >= 4 is 0 Å². The zero-order chi connectivity index (χ0) is 9.84. The van der Waals surface area contributed by atoms with Crippen LogP contribution in [0.3, 0.4) is 0 Å². The second kappa shape index (κ2) is 4.38. The quantitative estimate of drug-likeness (QED) is 0.705. The van der Waals surface area contributed by atoms with E-state index in [1.54, 1.807) is 0 Å². The maximum atomic E-state index is 4.13. The average Bonchev–Trinajstić information content (AvgIpc) is 2.08. The van der Waals surface area contributed by atoms with Crippen molar-refractivity contribution in [3.05, 3.63) is 29.6 Å². The fourth-order valence-corrected chi connectivity index (χ4v) is 1.11. The van der Waals surface area contributed by atoms with Crippen molar-refractivity contribution in [1.29, 1.82) is 0 Å². The fraction of sp³-hybridized carbons (Fsp3) is 0.545. The van der Waals surface area contributed by atoms with E-state index in [9.17, 15) is 0 Å². The van der Waals surface area contributed by atoms with Gasteiger partial charge >= 0.3 is 0 Å². The number of hydrogen-bond acceptors (Lipinski definition) is 2. The fourth-order valence-electron chi connectivity index (χ4n) is 1.11. The molecule has 0 N–H and O–H groups in total. The van der Waals surface area contributed by atoms with Crippen molar-refractivity contribution in [2.75, 3.05) is 7.05 Å². The van der Waals surface area contributed by atoms with Crippen LogP contribution in [-0.4, -0.2) is 23.0 Å². The van der Waals surface area contributed by atoms with Crippen LogP contribution < -0.4 is 0 Å². The van der Waals surface area contributed by atoms with Crippen LogP contribution in [0.5, 0.6) is 0 Å². The minimum absolute atomic E-state index is 0.583. The largest absolute Gasteiger partial charge is 0.300 e. The SMILES string of the molecule is Cc1ccncc1CN(C)C(C)C. The number of hydrogen-bond donors (Lipinski definition) is 0. The Balaban J connectivity index is 2.69. The molecule has 0 bridgehead atoms. The number of aryl methyl sites for hydroxylation is 1. The zero-order valence-corrected chi connectivity index (χ0v) is 8.91. The smallest absolute Gasteiger partial charge is 0.0315 e. The van der Waals surface area contributed by atoms with E-state index in [4.69, 9.17) is 0 Å². The van der Waals surface area contributed by atoms with E-state index >= 15 is 0 Å². The summed E-state index contributed by atoms with van der Waals surface area (Å²) in [6.45, 7) is 7.51. The summed E-state index contributed by atoms with van der Waals surface area (Å²) in [5.41, 5.74) is 2.64. The lowest BCUT2D eigenvalue weighted by atomic mass is 10.1. The Bertz CT molecular complexity index is 269. The van der Waals surface area contributed by atoms with E-state index in [0.717, 1.165) is 6.54 Å². The van der Waals surface area contributed by atoms with Gasteiger partial charge in [0.05, 0.1) is 0 Å². The predicted octanol–water partition coefficient (Wildman–Crippen LogP) is 2.23. The molecule has 2 heteroatoms. The molecule has 1 rings (SSSR count). The normalized spacial score (nSPS) is 11.2. The molecule has 1 aromatic heterocycles. The van der Waals surface area contributed by atoms with Gasteiger partial charge < -0.3 is 0 Å². The highest BCUT2D eigenvalue weighted by Crippen LogP contribution is 2.09. The van der Waals surface area contributed by atoms with E-state index in [0.29, 0.717) is 6.04 Å². The molecule has 0 aliphatic heterocycles. The van der Waals surface area contributed by atoms with Gasteiger partial charge in [-0.15, -0.1) is 0 Å². The molecule has 0 saturated heterocycles. The van der Waals surface area contributed by atoms with Crippen LogP contribution >= 0.6 is 0 Å². The number of pyridine rings is 1. The van der Waals surface area contributed by atoms with Gasteiger partial charge in [-0.1, -0.05) is 0 Å². The van der Waals surface area contributed by atoms with E-state index in [1.165, 1.54) is 11.1 Å². The van der Waals surface area contributed by atoms with Gasteiger partial charge in [-0.2, -0.15) is 0 Å². The van der Waals surface area contributed by atoms with E-state index in [-0.39, 0.29) is 0 Å². The first-order valence-electron chi connectivity index (χ1n) is 4.71. The molecular formula is C11H18N2. The Labute approximate surface area is 80.6 Å². The third kappa shape index (κ3) is 2.81. The van der Waals surface area contributed by atoms with Gasteiger partial charge in [0.2, 0.25) is 0 Å². The molecule has 2 nitrogen and oxygen atoms in total. The first kappa shape index (κ1) is 10.2. The second-order valence-electron chi connectivity index (χ2n) is 3.81. The van der Waals surface area contributed by atoms with Gasteiger partial charge in [-0.3, -0.25) is 9.88 Å². The maximum absolute atomic E-state index is 4.13. The Kier molecular flexibility index (Phi) is 3.43. The summed E-state index contributed by atoms with van der Waals surface area (Å²) in [6, 6.07) is 2.64. The van der Waals surface area contributed by atoms with Crippen LogP contribution in [0.25, 0.3) is 0 Å². The van der Waals surface area contributed by atoms with Crippen molar-refractivity contribution < 1.29 is 0 Å². The molecule has 0 aliphatic rings. The molecule has 1 aromatic rings. The maximum Gasteiger partial charge on any atom is 0.0315 e. The van der Waals surface area contributed by atoms with Gasteiger partial charge in [0, 0.05) is 25.0 Å². The van der Waals surface area contributed by atoms with Crippen molar-refractivity contribution in [2.24, 2.45) is 0 Å². The summed E-state index contributed by atoms with van der Waals surface area (Å²) in [4.78, 5) is 6.44. The molecule has 72 valence electrons. The number of nitrogens with zero attached hydrogens (tertiary/aromatic N) is 2. The lowest BCUT2D eigenvalue weighted by molar-refractivity contribution is 0.265. The predicted molar refractivity (Wildman–Crippen MR) is 55.6 cm³/mol. The summed E-state index contributed by atoms with van der Waals surface area (Å²) in [5, 5.41) is 0. The highest BCUT2D eigenvalue weighted by Gasteiger charge is 2.05. The lowest BCUT2D eigenvalue weighted by Gasteiger charge is -2.21. The standard InChI is InChI=1S/C11H18N2/c1-9(2)13(4)8-11-7-12-6-5-10(11)3/h5-7,9H,8H2,1-4H3. The minimum Gasteiger partial charge on any atom is -0.300 e. The Morgan fingerprint density at radius 3 is 2.69 bits per heavy atom. The van der Waals surface area contributed by atoms with E-state index in [2.05, 4.69) is 43.8 Å². The van der Waals surface area contributed by atoms with Gasteiger partial charge in [-0.05, 0) is 45.0 Å². The molecule has 0 spiro atoms. The number of rotatable bonds is 3. The summed E-state index contributed by atoms with van der Waals surface area (Å²) in [6.07, 6.45) is 3.79. The third-order valence-corrected chi connectivity index (χ3v) is 2.45. The van der Waals surface area contributed by atoms with Crippen LogP contribution in [0.15, 0.2) is 18.5 Å². The molecule has 0 unspecified atom stereocenters. The average molecular weight is 178 g/mol. The monoisotopic (exact) mass is 178 g/mol. The molecule has 0 aromatic carbocycles. The van der Waals surface area contributed by atoms with E-state index in [1.807, 2.05) is 12.4 Å². The summed E-state index contributed by atoms with van der Waals surface area (Å²) >= 11 is 0. The summed E-state index contributed by atoms with van der Waals surface area (Å²) in [7, 11) is 2.14. The molecule has 0 amide bonds. The molecular weight excluding hydrogens is 160 g/mol. The molecule has 13 heavy (non-hydrogen) atoms. The van der Waals surface area contributed by atoms with Gasteiger partial charge in [0.25, 0.3) is 0 Å². The van der Waals surface area contributed by atoms with Gasteiger partial charge in [0.15, 0.2) is 0 Å². The molecule has 0 aliphatic carbocycles. The topological polar surface area (TPSA) is 16.1 Å². The van der Waals surface area contributed by atoms with Gasteiger partial charge in [0.1, 0.15) is 0 Å². The summed E-state index contributed by atoms with van der Waals surface area (Å²) < 4.78 is 0. The number of aromatic nitrogens is 1. The Morgan fingerprint density at radius 1 is 1.46 bits per heavy atom. The van der Waals surface area contributed by atoms with Crippen molar-refractivity contribution in [3.8, 4) is 0 Å². The molecule has 0 saturated carbocycles. The van der Waals surface area contributed by atoms with Crippen LogP contribution in [0, 0.1) is 6.92 Å². The van der Waals surface area contributed by atoms with E-state index < -0.39 is 0 Å². The van der Waals surface area contributed by atoms with Crippen molar-refractivity contribution in [2.45, 2.75) is 33.4 Å². The first-order valence-corrected chi connectivity index (χ1v) is 4.71. The Morgan fingerprint density at radius 2 is 2.15 bits per heavy atom. The third-order valence-electron chi connectivity index (χ3n) is 2.45. The summed E-state index contributed by atoms with van der Waals surface area (Å²) in [5.74, 6) is 0. The molecule has 1 heterocycles. The van der Waals surface area contributed by atoms with Crippen LogP contribution in [0.1, 0.15) is 25.0 Å². The molecule has 0 atom stereocenters. The highest BCUT2D eigenvalue weighted by atomic mass is 15.1. The highest BCUT2D eigenvalue weighted by molar-refractivity contribution is 5.21. The Hall–Kier alpha value is -0.890. The second-order valence-corrected chi connectivity index (χ2v) is 3.81. The van der Waals surface area contributed by atoms with Crippen LogP contribution in [0.4, 0.5) is 0 Å². The van der Waals surface area contributed by atoms with Crippen molar-refractivity contribution in [1.82, 2.24) is 9.88 Å². The van der Waals surface area contributed by atoms with Crippen molar-refractivity contribution in [3.63, 3.8) is 0 Å². The molecule has 0 fully saturated rings. The zero-order valence-electron chi connectivity index (χ0n) is 8.91. The minimum atomic E-state index is 0.583. The molecule has 0 radical (unpaired) electrons. The lowest BCUT2D eigenvalue weighted by Crippen LogP contribution is -2.25.